The molecule has 0 aliphatic carbocycles. The Morgan fingerprint density at radius 2 is 1.82 bits per heavy atom. The average molecular weight is 509 g/mol. The van der Waals surface area contributed by atoms with Crippen molar-refractivity contribution in [3.8, 4) is 17.0 Å². The molecule has 5 rings (SSSR count). The zero-order chi connectivity index (χ0) is 23.4. The number of para-hydroxylation sites is 1. The third-order valence-corrected chi connectivity index (χ3v) is 6.45. The van der Waals surface area contributed by atoms with Gasteiger partial charge in [0.15, 0.2) is 5.82 Å². The Bertz CT molecular complexity index is 1110. The Kier molecular flexibility index (Phi) is 7.13. The van der Waals surface area contributed by atoms with Crippen LogP contribution < -0.4 is 20.3 Å². The van der Waals surface area contributed by atoms with Gasteiger partial charge in [0.1, 0.15) is 10.4 Å². The summed E-state index contributed by atoms with van der Waals surface area (Å²) in [6.07, 6.45) is 5.94. The molecule has 8 heteroatoms. The fourth-order valence-electron chi connectivity index (χ4n) is 4.71. The van der Waals surface area contributed by atoms with E-state index in [2.05, 4.69) is 59.6 Å². The fourth-order valence-corrected chi connectivity index (χ4v) is 5.06. The molecule has 2 atom stereocenters. The van der Waals surface area contributed by atoms with Gasteiger partial charge in [0, 0.05) is 42.6 Å². The van der Waals surface area contributed by atoms with E-state index in [1.807, 2.05) is 43.5 Å². The third-order valence-electron chi connectivity index (χ3n) is 6.02. The van der Waals surface area contributed by atoms with Gasteiger partial charge in [0.25, 0.3) is 0 Å². The van der Waals surface area contributed by atoms with Crippen molar-refractivity contribution in [2.45, 2.75) is 31.8 Å². The first-order valence-electron chi connectivity index (χ1n) is 11.0. The van der Waals surface area contributed by atoms with E-state index in [0.717, 1.165) is 40.4 Å². The largest absolute Gasteiger partial charge is 0.496 e. The first-order valence-corrected chi connectivity index (χ1v) is 11.8. The fraction of sp³-hybridized carbons (Fsp3) is 0.320. The summed E-state index contributed by atoms with van der Waals surface area (Å²) < 4.78 is 6.37. The van der Waals surface area contributed by atoms with Crippen molar-refractivity contribution in [2.24, 2.45) is 0 Å². The monoisotopic (exact) mass is 508 g/mol. The third kappa shape index (κ3) is 4.80. The van der Waals surface area contributed by atoms with Gasteiger partial charge in [-0.05, 0) is 66.0 Å². The first-order chi connectivity index (χ1) is 16.0. The van der Waals surface area contributed by atoms with Crippen LogP contribution in [0.5, 0.6) is 5.75 Å². The molecule has 2 aromatic heterocycles. The lowest BCUT2D eigenvalue weighted by Crippen LogP contribution is -2.54. The van der Waals surface area contributed by atoms with Crippen LogP contribution >= 0.6 is 15.9 Å². The molecule has 2 N–H and O–H groups in total. The highest BCUT2D eigenvalue weighted by Gasteiger charge is 2.40. The molecule has 33 heavy (non-hydrogen) atoms. The minimum absolute atomic E-state index is 0.431. The van der Waals surface area contributed by atoms with Crippen molar-refractivity contribution in [3.63, 3.8) is 0 Å². The van der Waals surface area contributed by atoms with Crippen LogP contribution in [-0.4, -0.2) is 47.5 Å². The minimum Gasteiger partial charge on any atom is -0.496 e. The highest BCUT2D eigenvalue weighted by Crippen LogP contribution is 2.39. The van der Waals surface area contributed by atoms with Crippen molar-refractivity contribution >= 4 is 33.1 Å². The number of nitrogens with two attached hydrogens (primary N) is 1. The van der Waals surface area contributed by atoms with Gasteiger partial charge in [-0.2, -0.15) is 0 Å². The molecule has 1 aromatic carbocycles. The summed E-state index contributed by atoms with van der Waals surface area (Å²) in [5.74, 6) is 1.24. The molecule has 2 saturated heterocycles. The number of nitrogen functional groups attached to an aromatic ring is 1. The van der Waals surface area contributed by atoms with Crippen LogP contribution in [0.4, 0.5) is 17.2 Å². The van der Waals surface area contributed by atoms with Crippen molar-refractivity contribution in [2.75, 3.05) is 35.7 Å². The van der Waals surface area contributed by atoms with E-state index in [1.165, 1.54) is 18.5 Å². The molecule has 0 spiro atoms. The normalized spacial score (nSPS) is 19.0. The van der Waals surface area contributed by atoms with Crippen molar-refractivity contribution < 1.29 is 4.74 Å². The molecule has 0 radical (unpaired) electrons. The molecule has 2 aliphatic heterocycles. The molecule has 4 heterocycles. The van der Waals surface area contributed by atoms with Gasteiger partial charge in [-0.15, -0.1) is 16.8 Å². The lowest BCUT2D eigenvalue weighted by atomic mass is 10.1. The first kappa shape index (κ1) is 23.0. The number of halogens is 1. The number of ether oxygens (including phenoxy) is 1. The number of allylic oxidation sites excluding steroid dienone is 1. The summed E-state index contributed by atoms with van der Waals surface area (Å²) in [6, 6.07) is 14.9. The number of aromatic nitrogens is 3. The van der Waals surface area contributed by atoms with E-state index < -0.39 is 0 Å². The number of piperazine rings is 1. The second-order valence-corrected chi connectivity index (χ2v) is 8.96. The Labute approximate surface area is 203 Å². The lowest BCUT2D eigenvalue weighted by Gasteiger charge is -2.43. The molecular weight excluding hydrogens is 480 g/mol. The second-order valence-electron chi connectivity index (χ2n) is 8.14. The zero-order valence-corrected chi connectivity index (χ0v) is 20.6. The molecule has 0 amide bonds. The number of benzene rings is 1. The summed E-state index contributed by atoms with van der Waals surface area (Å²) in [6.45, 7) is 7.05. The maximum absolute atomic E-state index is 6.27. The van der Waals surface area contributed by atoms with Crippen LogP contribution in [0.25, 0.3) is 11.3 Å². The van der Waals surface area contributed by atoms with E-state index >= 15 is 0 Å². The molecule has 2 aliphatic rings. The molecule has 2 bridgehead atoms. The van der Waals surface area contributed by atoms with Crippen molar-refractivity contribution in [1.82, 2.24) is 15.2 Å². The van der Waals surface area contributed by atoms with E-state index in [0.29, 0.717) is 17.9 Å². The molecular formula is C25H29BrN6O. The summed E-state index contributed by atoms with van der Waals surface area (Å²) in [7, 11) is 1.67. The second kappa shape index (κ2) is 10.2. The Morgan fingerprint density at radius 3 is 2.48 bits per heavy atom. The smallest absolute Gasteiger partial charge is 0.169 e. The molecule has 7 nitrogen and oxygen atoms in total. The van der Waals surface area contributed by atoms with Crippen molar-refractivity contribution in [3.05, 3.63) is 65.9 Å². The minimum atomic E-state index is 0.431. The van der Waals surface area contributed by atoms with Gasteiger partial charge >= 0.3 is 0 Å². The van der Waals surface area contributed by atoms with E-state index in [9.17, 15) is 0 Å². The number of hydrogen-bond acceptors (Lipinski definition) is 7. The molecule has 0 saturated carbocycles. The lowest BCUT2D eigenvalue weighted by molar-refractivity contribution is 0.416. The molecule has 2 unspecified atom stereocenters. The maximum Gasteiger partial charge on any atom is 0.169 e. The van der Waals surface area contributed by atoms with Crippen LogP contribution in [0, 0.1) is 0 Å². The molecule has 2 fully saturated rings. The Morgan fingerprint density at radius 1 is 1.12 bits per heavy atom. The van der Waals surface area contributed by atoms with E-state index in [-0.39, 0.29) is 0 Å². The number of nitrogens with zero attached hydrogens (tertiary/aromatic N) is 5. The number of anilines is 3. The van der Waals surface area contributed by atoms with E-state index in [4.69, 9.17) is 10.5 Å². The van der Waals surface area contributed by atoms with Gasteiger partial charge < -0.3 is 20.3 Å². The number of fused-ring (bicyclic) bond motifs is 2. The highest BCUT2D eigenvalue weighted by atomic mass is 79.9. The average Bonchev–Trinajstić information content (AvgIpc) is 3.09. The zero-order valence-electron chi connectivity index (χ0n) is 19.0. The summed E-state index contributed by atoms with van der Waals surface area (Å²) >= 11 is 3.50. The van der Waals surface area contributed by atoms with Gasteiger partial charge in [-0.1, -0.05) is 18.2 Å². The summed E-state index contributed by atoms with van der Waals surface area (Å²) in [5, 5.41) is 8.60. The number of pyridine rings is 1. The van der Waals surface area contributed by atoms with Crippen LogP contribution in [0.15, 0.2) is 65.9 Å². The number of hydrogen-bond donors (Lipinski definition) is 1. The Hall–Kier alpha value is -3.13. The van der Waals surface area contributed by atoms with Crippen molar-refractivity contribution in [1.29, 1.82) is 0 Å². The number of methoxy groups -OCH3 is 1. The van der Waals surface area contributed by atoms with E-state index in [1.54, 1.807) is 13.2 Å². The van der Waals surface area contributed by atoms with Gasteiger partial charge in [-0.3, -0.25) is 0 Å². The SMILES string of the molecule is C=CC.COc1ccccc1-c1cc(N2CC3CCC(C2)N3c2ccnc(Br)c2)c(N)nn1. The van der Waals surface area contributed by atoms with Crippen LogP contribution in [-0.2, 0) is 0 Å². The highest BCUT2D eigenvalue weighted by molar-refractivity contribution is 9.10. The predicted octanol–water partition coefficient (Wildman–Crippen LogP) is 4.94. The summed E-state index contributed by atoms with van der Waals surface area (Å²) in [4.78, 5) is 9.17. The predicted molar refractivity (Wildman–Crippen MR) is 138 cm³/mol. The Balaban J connectivity index is 0.000000821. The van der Waals surface area contributed by atoms with Crippen LogP contribution in [0.2, 0.25) is 0 Å². The maximum atomic E-state index is 6.27. The van der Waals surface area contributed by atoms with Gasteiger partial charge in [0.2, 0.25) is 0 Å². The standard InChI is InChI=1S/C22H23BrN6O.C3H6/c1-30-20-5-3-2-4-17(20)18-11-19(22(24)27-26-18)28-12-15-6-7-16(13-28)29(15)14-8-9-25-21(23)10-14;1-3-2/h2-5,8-11,15-16H,6-7,12-13H2,1H3,(H2,24,27);3H,1H2,2H3. The van der Waals surface area contributed by atoms with Gasteiger partial charge in [0.05, 0.1) is 18.5 Å². The summed E-state index contributed by atoms with van der Waals surface area (Å²) in [5.41, 5.74) is 10.1. The molecule has 172 valence electrons. The number of rotatable bonds is 4. The van der Waals surface area contributed by atoms with Crippen LogP contribution in [0.1, 0.15) is 19.8 Å². The topological polar surface area (TPSA) is 80.4 Å². The molecule has 3 aromatic rings. The van der Waals surface area contributed by atoms with Gasteiger partial charge in [-0.25, -0.2) is 4.98 Å². The van der Waals surface area contributed by atoms with Crippen LogP contribution in [0.3, 0.4) is 0 Å². The quantitative estimate of drug-likeness (QED) is 0.394.